The van der Waals surface area contributed by atoms with Gasteiger partial charge in [-0.2, -0.15) is 4.57 Å². The smallest absolute Gasteiger partial charge is 0.202 e. The number of rotatable bonds is 3. The molecule has 0 fully saturated rings. The van der Waals surface area contributed by atoms with E-state index in [-0.39, 0.29) is 17.0 Å². The summed E-state index contributed by atoms with van der Waals surface area (Å²) in [7, 11) is 0. The number of nitrogens with two attached hydrogens (primary N) is 1. The average molecular weight is 335 g/mol. The maximum absolute atomic E-state index is 5.53. The molecule has 1 aliphatic rings. The van der Waals surface area contributed by atoms with Crippen LogP contribution in [0.5, 0.6) is 0 Å². The van der Waals surface area contributed by atoms with E-state index in [0.717, 1.165) is 0 Å². The summed E-state index contributed by atoms with van der Waals surface area (Å²) >= 11 is 1.66. The number of benzene rings is 1. The summed E-state index contributed by atoms with van der Waals surface area (Å²) in [5.74, 6) is 0.621. The number of aromatic nitrogens is 1. The van der Waals surface area contributed by atoms with E-state index in [1.807, 2.05) is 0 Å². The first kappa shape index (κ1) is 14.3. The Bertz CT molecular complexity index is 581. The third kappa shape index (κ3) is 2.91. The van der Waals surface area contributed by atoms with E-state index in [4.69, 9.17) is 5.73 Å². The first-order chi connectivity index (χ1) is 8.88. The van der Waals surface area contributed by atoms with Crippen molar-refractivity contribution < 1.29 is 21.5 Å². The number of fused-ring (bicyclic) bond motifs is 1. The second-order valence-electron chi connectivity index (χ2n) is 4.22. The normalized spacial score (nSPS) is 15.9. The Morgan fingerprint density at radius 3 is 2.58 bits per heavy atom. The van der Waals surface area contributed by atoms with Gasteiger partial charge in [0.05, 0.1) is 0 Å². The lowest BCUT2D eigenvalue weighted by molar-refractivity contribution is -0.703. The molecule has 2 N–H and O–H groups in total. The molecule has 1 aromatic heterocycles. The first-order valence-electron chi connectivity index (χ1n) is 5.99. The van der Waals surface area contributed by atoms with Crippen molar-refractivity contribution in [3.8, 4) is 0 Å². The largest absolute Gasteiger partial charge is 1.00 e. The highest BCUT2D eigenvalue weighted by Gasteiger charge is 2.24. The van der Waals surface area contributed by atoms with Gasteiger partial charge in [0.15, 0.2) is 12.4 Å². The SMILES string of the molecule is NCSc1cc[n+](C2C=Cc3ccccc32)cc1.[Br-]. The minimum atomic E-state index is 0. The molecule has 2 nitrogen and oxygen atoms in total. The maximum atomic E-state index is 5.53. The van der Waals surface area contributed by atoms with Gasteiger partial charge in [-0.1, -0.05) is 30.3 Å². The highest BCUT2D eigenvalue weighted by molar-refractivity contribution is 7.99. The minimum Gasteiger partial charge on any atom is -1.00 e. The van der Waals surface area contributed by atoms with Crippen molar-refractivity contribution in [3.63, 3.8) is 0 Å². The fourth-order valence-electron chi connectivity index (χ4n) is 2.29. The molecule has 19 heavy (non-hydrogen) atoms. The van der Waals surface area contributed by atoms with Crippen molar-refractivity contribution in [3.05, 3.63) is 66.0 Å². The van der Waals surface area contributed by atoms with Gasteiger partial charge in [0, 0.05) is 28.5 Å². The lowest BCUT2D eigenvalue weighted by Gasteiger charge is -2.06. The molecule has 98 valence electrons. The zero-order valence-electron chi connectivity index (χ0n) is 10.4. The Labute approximate surface area is 128 Å². The van der Waals surface area contributed by atoms with Crippen LogP contribution in [0.1, 0.15) is 17.2 Å². The van der Waals surface area contributed by atoms with E-state index >= 15 is 0 Å². The summed E-state index contributed by atoms with van der Waals surface area (Å²) in [5, 5.41) is 0. The van der Waals surface area contributed by atoms with Gasteiger partial charge in [0.1, 0.15) is 0 Å². The van der Waals surface area contributed by atoms with Crippen LogP contribution in [0.2, 0.25) is 0 Å². The Morgan fingerprint density at radius 2 is 1.84 bits per heavy atom. The van der Waals surface area contributed by atoms with Crippen LogP contribution in [0.25, 0.3) is 6.08 Å². The number of hydrogen-bond acceptors (Lipinski definition) is 2. The summed E-state index contributed by atoms with van der Waals surface area (Å²) in [6.07, 6.45) is 8.67. The Balaban J connectivity index is 0.00000133. The molecular weight excluding hydrogens is 320 g/mol. The molecule has 0 radical (unpaired) electrons. The lowest BCUT2D eigenvalue weighted by Crippen LogP contribution is -3.00. The summed E-state index contributed by atoms with van der Waals surface area (Å²) < 4.78 is 2.23. The van der Waals surface area contributed by atoms with Crippen LogP contribution in [0.15, 0.2) is 59.8 Å². The number of pyridine rings is 1. The molecule has 0 saturated carbocycles. The number of hydrogen-bond donors (Lipinski definition) is 1. The predicted molar refractivity (Wildman–Crippen MR) is 75.2 cm³/mol. The maximum Gasteiger partial charge on any atom is 0.202 e. The van der Waals surface area contributed by atoms with E-state index in [1.54, 1.807) is 11.8 Å². The van der Waals surface area contributed by atoms with E-state index in [2.05, 4.69) is 65.5 Å². The van der Waals surface area contributed by atoms with Crippen LogP contribution in [-0.4, -0.2) is 5.88 Å². The van der Waals surface area contributed by atoms with Gasteiger partial charge in [0.25, 0.3) is 0 Å². The Hall–Kier alpha value is -1.10. The van der Waals surface area contributed by atoms with Gasteiger partial charge in [-0.3, -0.25) is 0 Å². The zero-order valence-corrected chi connectivity index (χ0v) is 12.8. The minimum absolute atomic E-state index is 0. The second kappa shape index (κ2) is 6.37. The van der Waals surface area contributed by atoms with Crippen molar-refractivity contribution in [1.29, 1.82) is 0 Å². The number of thioether (sulfide) groups is 1. The fraction of sp³-hybridized carbons (Fsp3) is 0.133. The molecule has 1 unspecified atom stereocenters. The van der Waals surface area contributed by atoms with Crippen molar-refractivity contribution in [2.75, 3.05) is 5.88 Å². The summed E-state index contributed by atoms with van der Waals surface area (Å²) in [6.45, 7) is 0. The van der Waals surface area contributed by atoms with Gasteiger partial charge < -0.3 is 22.7 Å². The van der Waals surface area contributed by atoms with Crippen molar-refractivity contribution in [2.45, 2.75) is 10.9 Å². The number of halogens is 1. The highest BCUT2D eigenvalue weighted by atomic mass is 79.9. The molecular formula is C15H15BrN2S. The van der Waals surface area contributed by atoms with Crippen molar-refractivity contribution in [1.82, 2.24) is 0 Å². The molecule has 1 aliphatic carbocycles. The standard InChI is InChI=1S/C15H15N2S.BrH/c16-11-18-13-7-9-17(10-8-13)15-6-5-12-3-1-2-4-14(12)15;/h1-10,15H,11,16H2;1H/q+1;/p-1. The second-order valence-corrected chi connectivity index (χ2v) is 5.32. The van der Waals surface area contributed by atoms with E-state index in [0.29, 0.717) is 11.9 Å². The molecule has 0 amide bonds. The first-order valence-corrected chi connectivity index (χ1v) is 6.98. The number of nitrogens with zero attached hydrogens (tertiary/aromatic N) is 1. The third-order valence-corrected chi connectivity index (χ3v) is 3.94. The van der Waals surface area contributed by atoms with E-state index in [1.165, 1.54) is 16.0 Å². The molecule has 0 saturated heterocycles. The fourth-order valence-corrected chi connectivity index (χ4v) is 2.80. The zero-order chi connectivity index (χ0) is 12.4. The Kier molecular flexibility index (Phi) is 4.80. The molecule has 0 spiro atoms. The van der Waals surface area contributed by atoms with Crippen LogP contribution in [0.3, 0.4) is 0 Å². The average Bonchev–Trinajstić information content (AvgIpc) is 2.84. The van der Waals surface area contributed by atoms with Gasteiger partial charge in [-0.15, -0.1) is 11.8 Å². The van der Waals surface area contributed by atoms with Gasteiger partial charge in [0.2, 0.25) is 6.04 Å². The van der Waals surface area contributed by atoms with Crippen LogP contribution < -0.4 is 27.3 Å². The molecule has 4 heteroatoms. The molecule has 0 bridgehead atoms. The molecule has 1 aromatic carbocycles. The lowest BCUT2D eigenvalue weighted by atomic mass is 10.1. The number of allylic oxidation sites excluding steroid dienone is 1. The summed E-state index contributed by atoms with van der Waals surface area (Å²) in [5.41, 5.74) is 8.21. The Morgan fingerprint density at radius 1 is 1.11 bits per heavy atom. The van der Waals surface area contributed by atoms with Gasteiger partial charge in [-0.25, -0.2) is 0 Å². The van der Waals surface area contributed by atoms with Crippen LogP contribution in [0.4, 0.5) is 0 Å². The third-order valence-electron chi connectivity index (χ3n) is 3.17. The van der Waals surface area contributed by atoms with Gasteiger partial charge in [-0.05, 0) is 11.6 Å². The van der Waals surface area contributed by atoms with E-state index < -0.39 is 0 Å². The van der Waals surface area contributed by atoms with Crippen LogP contribution >= 0.6 is 11.8 Å². The van der Waals surface area contributed by atoms with Crippen LogP contribution in [0, 0.1) is 0 Å². The van der Waals surface area contributed by atoms with Crippen molar-refractivity contribution in [2.24, 2.45) is 5.73 Å². The molecule has 3 rings (SSSR count). The monoisotopic (exact) mass is 334 g/mol. The molecule has 2 aromatic rings. The summed E-state index contributed by atoms with van der Waals surface area (Å²) in [4.78, 5) is 1.21. The van der Waals surface area contributed by atoms with Crippen molar-refractivity contribution >= 4 is 17.8 Å². The topological polar surface area (TPSA) is 29.9 Å². The molecule has 1 atom stereocenters. The van der Waals surface area contributed by atoms with Gasteiger partial charge >= 0.3 is 0 Å². The summed E-state index contributed by atoms with van der Waals surface area (Å²) in [6, 6.07) is 13.1. The quantitative estimate of drug-likeness (QED) is 0.470. The van der Waals surface area contributed by atoms with Crippen LogP contribution in [-0.2, 0) is 0 Å². The molecule has 1 heterocycles. The highest BCUT2D eigenvalue weighted by Crippen LogP contribution is 2.27. The predicted octanol–water partition coefficient (Wildman–Crippen LogP) is -0.397. The van der Waals surface area contributed by atoms with E-state index in [9.17, 15) is 0 Å². The molecule has 0 aliphatic heterocycles.